The number of carbonyl (C=O) groups excluding carboxylic acids is 1. The van der Waals surface area contributed by atoms with Gasteiger partial charge in [0.15, 0.2) is 0 Å². The molecule has 1 fully saturated rings. The van der Waals surface area contributed by atoms with Gasteiger partial charge < -0.3 is 4.74 Å². The van der Waals surface area contributed by atoms with E-state index >= 15 is 0 Å². The van der Waals surface area contributed by atoms with Crippen molar-refractivity contribution in [2.45, 2.75) is 96.5 Å². The van der Waals surface area contributed by atoms with Gasteiger partial charge >= 0.3 is 5.97 Å². The highest BCUT2D eigenvalue weighted by molar-refractivity contribution is 5.81. The normalized spacial score (nSPS) is 22.0. The smallest absolute Gasteiger partial charge is 0.330 e. The van der Waals surface area contributed by atoms with E-state index in [9.17, 15) is 4.79 Å². The highest BCUT2D eigenvalue weighted by atomic mass is 16.5. The molecule has 0 radical (unpaired) electrons. The fourth-order valence-electron chi connectivity index (χ4n) is 3.39. The van der Waals surface area contributed by atoms with E-state index in [-0.39, 0.29) is 12.1 Å². The van der Waals surface area contributed by atoms with Gasteiger partial charge in [-0.25, -0.2) is 4.79 Å². The Hall–Kier alpha value is -0.790. The first-order chi connectivity index (χ1) is 10.3. The molecule has 0 aromatic heterocycles. The summed E-state index contributed by atoms with van der Waals surface area (Å²) in [5, 5.41) is 0. The molecular weight excluding hydrogens is 260 g/mol. The molecule has 21 heavy (non-hydrogen) atoms. The minimum Gasteiger partial charge on any atom is -0.459 e. The second kappa shape index (κ2) is 11.8. The summed E-state index contributed by atoms with van der Waals surface area (Å²) in [6, 6.07) is 0. The molecule has 0 spiro atoms. The van der Waals surface area contributed by atoms with Crippen molar-refractivity contribution in [3.05, 3.63) is 12.7 Å². The predicted molar refractivity (Wildman–Crippen MR) is 89.3 cm³/mol. The molecule has 2 heteroatoms. The summed E-state index contributed by atoms with van der Waals surface area (Å²) >= 11 is 0. The van der Waals surface area contributed by atoms with Crippen molar-refractivity contribution in [3.8, 4) is 0 Å². The molecule has 0 aromatic carbocycles. The van der Waals surface area contributed by atoms with Crippen LogP contribution in [0.4, 0.5) is 0 Å². The average Bonchev–Trinajstić information content (AvgIpc) is 2.50. The first-order valence-corrected chi connectivity index (χ1v) is 9.09. The Bertz CT molecular complexity index is 285. The van der Waals surface area contributed by atoms with Gasteiger partial charge in [0, 0.05) is 6.08 Å². The van der Waals surface area contributed by atoms with E-state index < -0.39 is 0 Å². The second-order valence-electron chi connectivity index (χ2n) is 6.56. The summed E-state index contributed by atoms with van der Waals surface area (Å²) < 4.78 is 5.40. The highest BCUT2D eigenvalue weighted by Gasteiger charge is 2.23. The lowest BCUT2D eigenvalue weighted by Crippen LogP contribution is -2.24. The molecule has 2 nitrogen and oxygen atoms in total. The minimum atomic E-state index is -0.257. The molecule has 0 heterocycles. The van der Waals surface area contributed by atoms with E-state index in [1.54, 1.807) is 0 Å². The Kier molecular flexibility index (Phi) is 10.3. The van der Waals surface area contributed by atoms with Crippen LogP contribution in [0, 0.1) is 5.92 Å². The molecular formula is C19H34O2. The number of ether oxygens (including phenoxy) is 1. The quantitative estimate of drug-likeness (QED) is 0.273. The van der Waals surface area contributed by atoms with Crippen molar-refractivity contribution in [1.82, 2.24) is 0 Å². The molecule has 122 valence electrons. The van der Waals surface area contributed by atoms with E-state index in [1.165, 1.54) is 76.7 Å². The van der Waals surface area contributed by atoms with Crippen molar-refractivity contribution in [1.29, 1.82) is 0 Å². The second-order valence-corrected chi connectivity index (χ2v) is 6.56. The average molecular weight is 294 g/mol. The van der Waals surface area contributed by atoms with E-state index in [4.69, 9.17) is 4.74 Å². The van der Waals surface area contributed by atoms with E-state index in [0.717, 1.165) is 18.8 Å². The van der Waals surface area contributed by atoms with Crippen LogP contribution in [0.2, 0.25) is 0 Å². The first kappa shape index (κ1) is 18.3. The van der Waals surface area contributed by atoms with Crippen LogP contribution in [0.15, 0.2) is 12.7 Å². The molecule has 1 aliphatic rings. The van der Waals surface area contributed by atoms with Crippen molar-refractivity contribution < 1.29 is 9.53 Å². The molecule has 1 saturated carbocycles. The monoisotopic (exact) mass is 294 g/mol. The number of esters is 1. The number of carbonyl (C=O) groups is 1. The number of unbranched alkanes of at least 4 members (excludes halogenated alkanes) is 7. The van der Waals surface area contributed by atoms with E-state index in [1.807, 2.05) is 0 Å². The molecule has 0 saturated heterocycles. The third-order valence-electron chi connectivity index (χ3n) is 4.65. The zero-order valence-electron chi connectivity index (χ0n) is 13.9. The van der Waals surface area contributed by atoms with Gasteiger partial charge in [-0.2, -0.15) is 0 Å². The van der Waals surface area contributed by atoms with Gasteiger partial charge in [0.1, 0.15) is 6.10 Å². The lowest BCUT2D eigenvalue weighted by molar-refractivity contribution is -0.145. The summed E-state index contributed by atoms with van der Waals surface area (Å²) in [7, 11) is 0. The standard InChI is InChI=1S/C19H34O2/c1-3-5-6-7-8-9-10-11-13-17-14-12-15-18(16-17)21-19(20)4-2/h4,17-18H,2-3,5-16H2,1H3. The van der Waals surface area contributed by atoms with Gasteiger partial charge in [-0.3, -0.25) is 0 Å². The third kappa shape index (κ3) is 8.95. The Morgan fingerprint density at radius 1 is 1.10 bits per heavy atom. The first-order valence-electron chi connectivity index (χ1n) is 9.09. The van der Waals surface area contributed by atoms with Crippen molar-refractivity contribution in [2.24, 2.45) is 5.92 Å². The van der Waals surface area contributed by atoms with E-state index in [0.29, 0.717) is 0 Å². The number of hydrogen-bond donors (Lipinski definition) is 0. The molecule has 0 aliphatic heterocycles. The zero-order valence-corrected chi connectivity index (χ0v) is 13.9. The van der Waals surface area contributed by atoms with Gasteiger partial charge in [-0.1, -0.05) is 77.7 Å². The SMILES string of the molecule is C=CC(=O)OC1CCCC(CCCCCCCCCC)C1. The lowest BCUT2D eigenvalue weighted by atomic mass is 9.84. The summed E-state index contributed by atoms with van der Waals surface area (Å²) in [6.45, 7) is 5.73. The maximum Gasteiger partial charge on any atom is 0.330 e. The molecule has 2 atom stereocenters. The lowest BCUT2D eigenvalue weighted by Gasteiger charge is -2.28. The summed E-state index contributed by atoms with van der Waals surface area (Å²) in [4.78, 5) is 11.3. The zero-order chi connectivity index (χ0) is 15.3. The maximum atomic E-state index is 11.3. The maximum absolute atomic E-state index is 11.3. The molecule has 0 amide bonds. The van der Waals surface area contributed by atoms with E-state index in [2.05, 4.69) is 13.5 Å². The molecule has 0 bridgehead atoms. The highest BCUT2D eigenvalue weighted by Crippen LogP contribution is 2.30. The predicted octanol–water partition coefficient (Wildman–Crippen LogP) is 5.81. The molecule has 1 rings (SSSR count). The van der Waals surface area contributed by atoms with Crippen LogP contribution in [0.1, 0.15) is 90.4 Å². The number of hydrogen-bond acceptors (Lipinski definition) is 2. The summed E-state index contributed by atoms with van der Waals surface area (Å²) in [5.74, 6) is 0.509. The molecule has 2 unspecified atom stereocenters. The van der Waals surface area contributed by atoms with Gasteiger partial charge in [0.05, 0.1) is 0 Å². The van der Waals surface area contributed by atoms with Crippen LogP contribution >= 0.6 is 0 Å². The fourth-order valence-corrected chi connectivity index (χ4v) is 3.39. The van der Waals surface area contributed by atoms with Crippen molar-refractivity contribution >= 4 is 5.97 Å². The summed E-state index contributed by atoms with van der Waals surface area (Å²) in [5.41, 5.74) is 0. The minimum absolute atomic E-state index is 0.142. The Balaban J connectivity index is 2.01. The largest absolute Gasteiger partial charge is 0.459 e. The number of rotatable bonds is 11. The topological polar surface area (TPSA) is 26.3 Å². The van der Waals surface area contributed by atoms with Crippen LogP contribution in [0.5, 0.6) is 0 Å². The van der Waals surface area contributed by atoms with Crippen molar-refractivity contribution in [3.63, 3.8) is 0 Å². The van der Waals surface area contributed by atoms with Crippen LogP contribution in [0.3, 0.4) is 0 Å². The molecule has 0 N–H and O–H groups in total. The molecule has 0 aromatic rings. The van der Waals surface area contributed by atoms with Crippen molar-refractivity contribution in [2.75, 3.05) is 0 Å². The van der Waals surface area contributed by atoms with Crippen LogP contribution in [-0.2, 0) is 9.53 Å². The summed E-state index contributed by atoms with van der Waals surface area (Å²) in [6.07, 6.45) is 18.4. The molecule has 1 aliphatic carbocycles. The van der Waals surface area contributed by atoms with Gasteiger partial charge in [0.25, 0.3) is 0 Å². The Morgan fingerprint density at radius 2 is 1.76 bits per heavy atom. The third-order valence-corrected chi connectivity index (χ3v) is 4.65. The fraction of sp³-hybridized carbons (Fsp3) is 0.842. The Morgan fingerprint density at radius 3 is 2.43 bits per heavy atom. The van der Waals surface area contributed by atoms with Crippen LogP contribution in [-0.4, -0.2) is 12.1 Å². The Labute approximate surface area is 131 Å². The van der Waals surface area contributed by atoms with Crippen LogP contribution < -0.4 is 0 Å². The van der Waals surface area contributed by atoms with Gasteiger partial charge in [0.2, 0.25) is 0 Å². The van der Waals surface area contributed by atoms with Gasteiger partial charge in [-0.05, 0) is 25.2 Å². The van der Waals surface area contributed by atoms with Gasteiger partial charge in [-0.15, -0.1) is 0 Å². The van der Waals surface area contributed by atoms with Crippen LogP contribution in [0.25, 0.3) is 0 Å².